The van der Waals surface area contributed by atoms with E-state index in [-0.39, 0.29) is 12.8 Å². The number of benzene rings is 4. The molecule has 0 aliphatic carbocycles. The summed E-state index contributed by atoms with van der Waals surface area (Å²) in [6, 6.07) is 35.3. The van der Waals surface area contributed by atoms with Crippen molar-refractivity contribution in [2.24, 2.45) is 0 Å². The van der Waals surface area contributed by atoms with Crippen molar-refractivity contribution in [3.8, 4) is 11.5 Å². The molecule has 184 valence electrons. The minimum absolute atomic E-state index is 0.199. The summed E-state index contributed by atoms with van der Waals surface area (Å²) in [5.74, 6) is 1.46. The molecular weight excluding hydrogens is 485 g/mol. The first-order valence-electron chi connectivity index (χ1n) is 12.0. The van der Waals surface area contributed by atoms with Crippen LogP contribution in [0, 0.1) is 0 Å². The Labute approximate surface area is 217 Å². The maximum atomic E-state index is 13.4. The highest BCUT2D eigenvalue weighted by Gasteiger charge is 2.31. The second-order valence-corrected chi connectivity index (χ2v) is 13.8. The van der Waals surface area contributed by atoms with Gasteiger partial charge in [-0.1, -0.05) is 91.0 Å². The van der Waals surface area contributed by atoms with Crippen LogP contribution in [0.4, 0.5) is 0 Å². The first-order valence-corrected chi connectivity index (χ1v) is 14.5. The van der Waals surface area contributed by atoms with E-state index in [0.717, 1.165) is 22.2 Å². The van der Waals surface area contributed by atoms with Gasteiger partial charge in [0.1, 0.15) is 0 Å². The highest BCUT2D eigenvalue weighted by molar-refractivity contribution is 7.84. The molecule has 0 aromatic heterocycles. The fourth-order valence-corrected chi connectivity index (χ4v) is 7.52. The molecule has 0 saturated carbocycles. The fraction of sp³-hybridized carbons (Fsp3) is 0.200. The van der Waals surface area contributed by atoms with E-state index in [1.807, 2.05) is 51.1 Å². The van der Waals surface area contributed by atoms with Gasteiger partial charge >= 0.3 is 0 Å². The Morgan fingerprint density at radius 1 is 0.778 bits per heavy atom. The summed E-state index contributed by atoms with van der Waals surface area (Å²) in [6.45, 7) is 6.16. The zero-order valence-electron chi connectivity index (χ0n) is 20.7. The molecule has 4 aromatic rings. The predicted molar refractivity (Wildman–Crippen MR) is 151 cm³/mol. The number of fused-ring (bicyclic) bond motifs is 1. The molecule has 1 aliphatic heterocycles. The van der Waals surface area contributed by atoms with Gasteiger partial charge in [-0.25, -0.2) is 8.93 Å². The lowest BCUT2D eigenvalue weighted by molar-refractivity contribution is 0.174. The molecule has 0 fully saturated rings. The highest BCUT2D eigenvalue weighted by atomic mass is 32.2. The van der Waals surface area contributed by atoms with E-state index >= 15 is 0 Å². The van der Waals surface area contributed by atoms with Gasteiger partial charge < -0.3 is 9.47 Å². The Kier molecular flexibility index (Phi) is 7.25. The van der Waals surface area contributed by atoms with Gasteiger partial charge in [0, 0.05) is 0 Å². The molecule has 2 atom stereocenters. The maximum Gasteiger partial charge on any atom is 0.231 e. The topological polar surface area (TPSA) is 47.6 Å². The largest absolute Gasteiger partial charge is 0.454 e. The third-order valence-corrected chi connectivity index (χ3v) is 10.1. The van der Waals surface area contributed by atoms with Gasteiger partial charge in [-0.05, 0) is 67.9 Å². The van der Waals surface area contributed by atoms with Gasteiger partial charge in [-0.15, -0.1) is 0 Å². The van der Waals surface area contributed by atoms with Crippen molar-refractivity contribution in [3.63, 3.8) is 0 Å². The van der Waals surface area contributed by atoms with Gasteiger partial charge in [0.25, 0.3) is 0 Å². The minimum atomic E-state index is -1.29. The molecule has 0 saturated heterocycles. The Hall–Kier alpha value is -2.98. The quantitative estimate of drug-likeness (QED) is 0.339. The molecule has 1 aliphatic rings. The maximum absolute atomic E-state index is 13.4. The normalized spacial score (nSPS) is 14.6. The average molecular weight is 516 g/mol. The van der Waals surface area contributed by atoms with Crippen LogP contribution in [0.3, 0.4) is 0 Å². The standard InChI is InChI=1S/C30H30NO3PS/c1-30(2,3)36(32)31-29(22-13-7-4-8-14-22)25-19-26-27(34-21-33-26)20-28(25)35(23-15-9-5-10-16-23)24-17-11-6-12-18-24/h4-20,29,31H,21H2,1-3H3/t29-,36-/m1/s1. The van der Waals surface area contributed by atoms with Crippen LogP contribution in [0.2, 0.25) is 0 Å². The van der Waals surface area contributed by atoms with Crippen molar-refractivity contribution in [2.45, 2.75) is 31.6 Å². The molecule has 0 spiro atoms. The van der Waals surface area contributed by atoms with Crippen LogP contribution < -0.4 is 30.1 Å². The van der Waals surface area contributed by atoms with Crippen LogP contribution >= 0.6 is 7.92 Å². The number of nitrogens with one attached hydrogen (secondary N) is 1. The molecule has 0 unspecified atom stereocenters. The number of hydrogen-bond donors (Lipinski definition) is 1. The van der Waals surface area contributed by atoms with Crippen LogP contribution in [0.5, 0.6) is 11.5 Å². The summed E-state index contributed by atoms with van der Waals surface area (Å²) < 4.78 is 28.1. The molecular formula is C30H30NO3PS. The SMILES string of the molecule is CC(C)(C)[S@@](=O)N[C@H](c1ccccc1)c1cc2c(cc1P(c1ccccc1)c1ccccc1)OCO2. The van der Waals surface area contributed by atoms with Gasteiger partial charge in [0.05, 0.1) is 21.8 Å². The van der Waals surface area contributed by atoms with Gasteiger partial charge in [-0.2, -0.15) is 0 Å². The van der Waals surface area contributed by atoms with E-state index in [4.69, 9.17) is 9.47 Å². The Morgan fingerprint density at radius 3 is 1.81 bits per heavy atom. The van der Waals surface area contributed by atoms with Crippen LogP contribution in [0.15, 0.2) is 103 Å². The van der Waals surface area contributed by atoms with Crippen molar-refractivity contribution in [2.75, 3.05) is 6.79 Å². The molecule has 0 radical (unpaired) electrons. The van der Waals surface area contributed by atoms with Crippen molar-refractivity contribution < 1.29 is 13.7 Å². The summed E-state index contributed by atoms with van der Waals surface area (Å²) >= 11 is 0. The molecule has 36 heavy (non-hydrogen) atoms. The van der Waals surface area contributed by atoms with E-state index in [1.54, 1.807) is 0 Å². The molecule has 4 nitrogen and oxygen atoms in total. The van der Waals surface area contributed by atoms with E-state index in [2.05, 4.69) is 77.5 Å². The summed E-state index contributed by atoms with van der Waals surface area (Å²) in [5, 5.41) is 3.63. The summed E-state index contributed by atoms with van der Waals surface area (Å²) in [7, 11) is -2.22. The Bertz CT molecular complexity index is 1300. The highest BCUT2D eigenvalue weighted by Crippen LogP contribution is 2.43. The Balaban J connectivity index is 1.75. The molecule has 1 N–H and O–H groups in total. The minimum Gasteiger partial charge on any atom is -0.454 e. The van der Waals surface area contributed by atoms with E-state index in [9.17, 15) is 4.21 Å². The summed E-state index contributed by atoms with van der Waals surface area (Å²) in [5.41, 5.74) is 2.09. The molecule has 5 rings (SSSR count). The van der Waals surface area contributed by atoms with E-state index < -0.39 is 23.7 Å². The molecule has 6 heteroatoms. The number of ether oxygens (including phenoxy) is 2. The molecule has 4 aromatic carbocycles. The van der Waals surface area contributed by atoms with Crippen molar-refractivity contribution >= 4 is 34.8 Å². The van der Waals surface area contributed by atoms with Gasteiger partial charge in [0.2, 0.25) is 6.79 Å². The van der Waals surface area contributed by atoms with Crippen LogP contribution in [0.1, 0.15) is 37.9 Å². The predicted octanol–water partition coefficient (Wildman–Crippen LogP) is 5.31. The second-order valence-electron chi connectivity index (χ2n) is 9.61. The zero-order chi connectivity index (χ0) is 25.1. The third-order valence-electron chi connectivity index (χ3n) is 6.02. The molecule has 0 amide bonds. The zero-order valence-corrected chi connectivity index (χ0v) is 22.4. The third kappa shape index (κ3) is 5.24. The van der Waals surface area contributed by atoms with Crippen molar-refractivity contribution in [1.29, 1.82) is 0 Å². The van der Waals surface area contributed by atoms with E-state index in [0.29, 0.717) is 5.75 Å². The lowest BCUT2D eigenvalue weighted by atomic mass is 9.99. The summed E-state index contributed by atoms with van der Waals surface area (Å²) in [6.07, 6.45) is 0. The fourth-order valence-electron chi connectivity index (χ4n) is 4.19. The van der Waals surface area contributed by atoms with Gasteiger partial charge in [-0.3, -0.25) is 0 Å². The van der Waals surface area contributed by atoms with Gasteiger partial charge in [0.15, 0.2) is 11.5 Å². The number of rotatable bonds is 7. The first kappa shape index (κ1) is 24.7. The lowest BCUT2D eigenvalue weighted by Crippen LogP contribution is -2.38. The lowest BCUT2D eigenvalue weighted by Gasteiger charge is -2.29. The van der Waals surface area contributed by atoms with Crippen LogP contribution in [-0.2, 0) is 11.0 Å². The average Bonchev–Trinajstić information content (AvgIpc) is 3.36. The Morgan fingerprint density at radius 2 is 1.28 bits per heavy atom. The molecule has 0 bridgehead atoms. The van der Waals surface area contributed by atoms with Crippen molar-refractivity contribution in [1.82, 2.24) is 4.72 Å². The van der Waals surface area contributed by atoms with E-state index in [1.165, 1.54) is 10.6 Å². The smallest absolute Gasteiger partial charge is 0.231 e. The summed E-state index contributed by atoms with van der Waals surface area (Å²) in [4.78, 5) is 0. The van der Waals surface area contributed by atoms with Crippen LogP contribution in [-0.4, -0.2) is 15.7 Å². The second kappa shape index (κ2) is 10.6. The monoisotopic (exact) mass is 515 g/mol. The van der Waals surface area contributed by atoms with Crippen molar-refractivity contribution in [3.05, 3.63) is 114 Å². The number of hydrogen-bond acceptors (Lipinski definition) is 3. The molecule has 1 heterocycles. The van der Waals surface area contributed by atoms with Crippen LogP contribution in [0.25, 0.3) is 0 Å². The first-order chi connectivity index (χ1) is 17.4.